The van der Waals surface area contributed by atoms with E-state index >= 15 is 0 Å². The van der Waals surface area contributed by atoms with E-state index in [1.54, 1.807) is 0 Å². The molecule has 0 saturated carbocycles. The third-order valence-corrected chi connectivity index (χ3v) is 3.24. The topological polar surface area (TPSA) is 87.9 Å². The van der Waals surface area contributed by atoms with Crippen molar-refractivity contribution in [3.05, 3.63) is 0 Å². The fourth-order valence-corrected chi connectivity index (χ4v) is 1.84. The Bertz CT molecular complexity index is 303. The average Bonchev–Trinajstić information content (AvgIpc) is 2.43. The van der Waals surface area contributed by atoms with Crippen LogP contribution in [0.5, 0.6) is 0 Å². The molecule has 3 N–H and O–H groups in total. The highest BCUT2D eigenvalue weighted by Gasteiger charge is 2.17. The molecule has 0 bridgehead atoms. The van der Waals surface area contributed by atoms with Crippen molar-refractivity contribution >= 4 is 11.9 Å². The minimum Gasteiger partial charge on any atom is -0.463 e. The highest BCUT2D eigenvalue weighted by Crippen LogP contribution is 2.01. The molecule has 0 aromatic heterocycles. The molecular weight excluding hydrogens is 248 g/mol. The maximum atomic E-state index is 11.5. The molecule has 7 nitrogen and oxygen atoms in total. The number of hydrogen-bond donors (Lipinski definition) is 2. The Morgan fingerprint density at radius 2 is 1.95 bits per heavy atom. The summed E-state index contributed by atoms with van der Waals surface area (Å²) in [6.07, 6.45) is 0.337. The van der Waals surface area contributed by atoms with E-state index in [1.807, 2.05) is 0 Å². The van der Waals surface area contributed by atoms with Gasteiger partial charge in [0.05, 0.1) is 6.42 Å². The third-order valence-electron chi connectivity index (χ3n) is 3.24. The second kappa shape index (κ2) is 8.08. The van der Waals surface area contributed by atoms with E-state index in [9.17, 15) is 9.59 Å². The van der Waals surface area contributed by atoms with E-state index in [-0.39, 0.29) is 18.5 Å². The summed E-state index contributed by atoms with van der Waals surface area (Å²) in [4.78, 5) is 27.1. The molecule has 1 atom stereocenters. The normalized spacial score (nSPS) is 18.9. The van der Waals surface area contributed by atoms with Crippen molar-refractivity contribution in [2.75, 3.05) is 53.4 Å². The molecule has 110 valence electrons. The zero-order valence-electron chi connectivity index (χ0n) is 11.7. The molecule has 1 unspecified atom stereocenters. The molecule has 1 fully saturated rings. The summed E-state index contributed by atoms with van der Waals surface area (Å²) < 4.78 is 4.98. The lowest BCUT2D eigenvalue weighted by molar-refractivity contribution is -0.145. The first-order chi connectivity index (χ1) is 9.02. The monoisotopic (exact) mass is 272 g/mol. The molecule has 0 aromatic carbocycles. The molecule has 1 rings (SSSR count). The van der Waals surface area contributed by atoms with Gasteiger partial charge in [-0.1, -0.05) is 0 Å². The second-order valence-corrected chi connectivity index (χ2v) is 4.80. The third kappa shape index (κ3) is 6.00. The predicted molar refractivity (Wildman–Crippen MR) is 71.6 cm³/mol. The number of amides is 1. The lowest BCUT2D eigenvalue weighted by atomic mass is 10.3. The number of likely N-dealkylation sites (N-methyl/N-ethyl adjacent to an activating group) is 2. The Hall–Kier alpha value is -1.18. The first-order valence-electron chi connectivity index (χ1n) is 6.56. The fourth-order valence-electron chi connectivity index (χ4n) is 1.84. The van der Waals surface area contributed by atoms with Gasteiger partial charge in [-0.05, 0) is 7.05 Å². The van der Waals surface area contributed by atoms with E-state index < -0.39 is 6.04 Å². The van der Waals surface area contributed by atoms with Gasteiger partial charge in [-0.15, -0.1) is 0 Å². The Kier molecular flexibility index (Phi) is 6.75. The van der Waals surface area contributed by atoms with Gasteiger partial charge < -0.3 is 25.6 Å². The Morgan fingerprint density at radius 1 is 1.32 bits per heavy atom. The van der Waals surface area contributed by atoms with Gasteiger partial charge in [-0.25, -0.2) is 0 Å². The fraction of sp³-hybridized carbons (Fsp3) is 0.833. The van der Waals surface area contributed by atoms with Crippen molar-refractivity contribution in [1.82, 2.24) is 15.1 Å². The summed E-state index contributed by atoms with van der Waals surface area (Å²) in [7, 11) is 3.59. The summed E-state index contributed by atoms with van der Waals surface area (Å²) in [5.41, 5.74) is 5.53. The molecule has 1 aliphatic heterocycles. The number of nitrogens with two attached hydrogens (primary N) is 1. The standard InChI is InChI=1S/C12H24N4O3/c1-14-12(18)10(13)9-19-11(17)3-4-16-7-5-15(2)6-8-16/h10H,3-9,13H2,1-2H3,(H,14,18). The molecule has 1 amide bonds. The van der Waals surface area contributed by atoms with Gasteiger partial charge in [0.15, 0.2) is 0 Å². The number of nitrogens with zero attached hydrogens (tertiary/aromatic N) is 2. The number of carbonyl (C=O) groups excluding carboxylic acids is 2. The van der Waals surface area contributed by atoms with Crippen LogP contribution in [0, 0.1) is 0 Å². The van der Waals surface area contributed by atoms with E-state index in [0.29, 0.717) is 13.0 Å². The predicted octanol–water partition coefficient (Wildman–Crippen LogP) is -1.76. The van der Waals surface area contributed by atoms with Gasteiger partial charge in [0.25, 0.3) is 0 Å². The molecular formula is C12H24N4O3. The minimum atomic E-state index is -0.794. The zero-order valence-corrected chi connectivity index (χ0v) is 11.7. The SMILES string of the molecule is CNC(=O)C(N)COC(=O)CCN1CCN(C)CC1. The number of rotatable bonds is 6. The Morgan fingerprint density at radius 3 is 2.53 bits per heavy atom. The van der Waals surface area contributed by atoms with E-state index in [2.05, 4.69) is 22.2 Å². The largest absolute Gasteiger partial charge is 0.463 e. The van der Waals surface area contributed by atoms with Gasteiger partial charge >= 0.3 is 5.97 Å². The molecule has 0 aromatic rings. The van der Waals surface area contributed by atoms with Crippen molar-refractivity contribution in [2.24, 2.45) is 5.73 Å². The molecule has 19 heavy (non-hydrogen) atoms. The first-order valence-corrected chi connectivity index (χ1v) is 6.56. The highest BCUT2D eigenvalue weighted by molar-refractivity contribution is 5.81. The molecule has 7 heteroatoms. The van der Waals surface area contributed by atoms with Crippen LogP contribution < -0.4 is 11.1 Å². The van der Waals surface area contributed by atoms with Crippen LogP contribution >= 0.6 is 0 Å². The Balaban J connectivity index is 2.12. The summed E-state index contributed by atoms with van der Waals surface area (Å²) in [5.74, 6) is -0.634. The van der Waals surface area contributed by atoms with Crippen molar-refractivity contribution in [3.8, 4) is 0 Å². The number of carbonyl (C=O) groups is 2. The van der Waals surface area contributed by atoms with Crippen LogP contribution in [0.4, 0.5) is 0 Å². The number of esters is 1. The molecule has 0 aliphatic carbocycles. The lowest BCUT2D eigenvalue weighted by Crippen LogP contribution is -2.45. The Labute approximate surface area is 114 Å². The van der Waals surface area contributed by atoms with E-state index in [0.717, 1.165) is 26.2 Å². The van der Waals surface area contributed by atoms with E-state index in [4.69, 9.17) is 10.5 Å². The highest BCUT2D eigenvalue weighted by atomic mass is 16.5. The maximum absolute atomic E-state index is 11.5. The van der Waals surface area contributed by atoms with Crippen LogP contribution in [0.15, 0.2) is 0 Å². The molecule has 0 radical (unpaired) electrons. The van der Waals surface area contributed by atoms with Crippen LogP contribution in [-0.2, 0) is 14.3 Å². The number of piperazine rings is 1. The number of ether oxygens (including phenoxy) is 1. The maximum Gasteiger partial charge on any atom is 0.307 e. The van der Waals surface area contributed by atoms with E-state index in [1.165, 1.54) is 7.05 Å². The van der Waals surface area contributed by atoms with Gasteiger partial charge in [0.2, 0.25) is 5.91 Å². The van der Waals surface area contributed by atoms with Gasteiger partial charge in [0, 0.05) is 39.8 Å². The average molecular weight is 272 g/mol. The van der Waals surface area contributed by atoms with Crippen LogP contribution in [0.2, 0.25) is 0 Å². The molecule has 1 heterocycles. The summed E-state index contributed by atoms with van der Waals surface area (Å²) in [6, 6.07) is -0.794. The number of nitrogens with one attached hydrogen (secondary N) is 1. The smallest absolute Gasteiger partial charge is 0.307 e. The van der Waals surface area contributed by atoms with Gasteiger partial charge in [-0.2, -0.15) is 0 Å². The molecule has 0 spiro atoms. The van der Waals surface area contributed by atoms with Crippen LogP contribution in [0.1, 0.15) is 6.42 Å². The van der Waals surface area contributed by atoms with Gasteiger partial charge in [0.1, 0.15) is 12.6 Å². The van der Waals surface area contributed by atoms with Crippen LogP contribution in [-0.4, -0.2) is 81.1 Å². The second-order valence-electron chi connectivity index (χ2n) is 4.80. The van der Waals surface area contributed by atoms with Crippen molar-refractivity contribution in [2.45, 2.75) is 12.5 Å². The number of hydrogen-bond acceptors (Lipinski definition) is 6. The first kappa shape index (κ1) is 15.9. The van der Waals surface area contributed by atoms with Crippen LogP contribution in [0.3, 0.4) is 0 Å². The van der Waals surface area contributed by atoms with Crippen LogP contribution in [0.25, 0.3) is 0 Å². The zero-order chi connectivity index (χ0) is 14.3. The van der Waals surface area contributed by atoms with Crippen molar-refractivity contribution < 1.29 is 14.3 Å². The lowest BCUT2D eigenvalue weighted by Gasteiger charge is -2.32. The summed E-state index contributed by atoms with van der Waals surface area (Å²) in [5, 5.41) is 2.41. The van der Waals surface area contributed by atoms with Crippen molar-refractivity contribution in [3.63, 3.8) is 0 Å². The molecule has 1 aliphatic rings. The molecule has 1 saturated heterocycles. The summed E-state index contributed by atoms with van der Waals surface area (Å²) >= 11 is 0. The quantitative estimate of drug-likeness (QED) is 0.557. The minimum absolute atomic E-state index is 0.0682. The summed E-state index contributed by atoms with van der Waals surface area (Å²) in [6.45, 7) is 4.62. The van der Waals surface area contributed by atoms with Crippen molar-refractivity contribution in [1.29, 1.82) is 0 Å². The van der Waals surface area contributed by atoms with Gasteiger partial charge in [-0.3, -0.25) is 9.59 Å².